The number of hydrogen-bond donors (Lipinski definition) is 1. The lowest BCUT2D eigenvalue weighted by Crippen LogP contribution is -2.37. The molecule has 2 N–H and O–H groups in total. The summed E-state index contributed by atoms with van der Waals surface area (Å²) in [5, 5.41) is 4.49. The fourth-order valence-corrected chi connectivity index (χ4v) is 3.34. The molecule has 1 fully saturated rings. The van der Waals surface area contributed by atoms with E-state index in [1.165, 1.54) is 0 Å². The fourth-order valence-electron chi connectivity index (χ4n) is 2.60. The Bertz CT molecular complexity index is 499. The Labute approximate surface area is 122 Å². The Morgan fingerprint density at radius 3 is 2.74 bits per heavy atom. The summed E-state index contributed by atoms with van der Waals surface area (Å²) in [4.78, 5) is 13.7. The first kappa shape index (κ1) is 14.5. The quantitative estimate of drug-likeness (QED) is 0.909. The number of carbonyl (C=O) groups excluding carboxylic acids is 1. The van der Waals surface area contributed by atoms with Gasteiger partial charge in [-0.25, -0.2) is 0 Å². The van der Waals surface area contributed by atoms with Crippen molar-refractivity contribution in [3.05, 3.63) is 15.9 Å². The Hall–Kier alpha value is -0.880. The van der Waals surface area contributed by atoms with Crippen LogP contribution in [-0.2, 0) is 24.8 Å². The van der Waals surface area contributed by atoms with Crippen LogP contribution in [0.15, 0.2) is 4.47 Å². The molecule has 2 rings (SSSR count). The van der Waals surface area contributed by atoms with Crippen molar-refractivity contribution in [2.45, 2.75) is 33.2 Å². The van der Waals surface area contributed by atoms with Crippen LogP contribution in [-0.4, -0.2) is 33.7 Å². The van der Waals surface area contributed by atoms with Crippen molar-refractivity contribution < 1.29 is 4.79 Å². The summed E-state index contributed by atoms with van der Waals surface area (Å²) < 4.78 is 3.01. The van der Waals surface area contributed by atoms with Crippen molar-refractivity contribution in [2.24, 2.45) is 18.2 Å². The molecule has 0 aliphatic carbocycles. The van der Waals surface area contributed by atoms with Gasteiger partial charge in [-0.2, -0.15) is 5.10 Å². The summed E-state index contributed by atoms with van der Waals surface area (Å²) in [6, 6.07) is 0. The third kappa shape index (κ3) is 2.69. The molecule has 0 radical (unpaired) electrons. The van der Waals surface area contributed by atoms with Crippen LogP contribution in [0.5, 0.6) is 0 Å². The number of aryl methyl sites for hydroxylation is 2. The Morgan fingerprint density at radius 2 is 2.26 bits per heavy atom. The lowest BCUT2D eigenvalue weighted by atomic mass is 9.89. The standard InChI is InChI=1S/C13H21BrN4O/c1-4-9-11(14)10(17(3)16-9)7-18-6-5-13(2,8-18)12(15)19/h4-8H2,1-3H3,(H2,15,19). The van der Waals surface area contributed by atoms with E-state index in [9.17, 15) is 4.79 Å². The van der Waals surface area contributed by atoms with Gasteiger partial charge in [-0.1, -0.05) is 6.92 Å². The van der Waals surface area contributed by atoms with Gasteiger partial charge in [-0.05, 0) is 42.2 Å². The van der Waals surface area contributed by atoms with E-state index in [0.717, 1.165) is 48.3 Å². The van der Waals surface area contributed by atoms with E-state index in [2.05, 4.69) is 32.9 Å². The summed E-state index contributed by atoms with van der Waals surface area (Å²) >= 11 is 3.63. The molecule has 0 bridgehead atoms. The van der Waals surface area contributed by atoms with Crippen LogP contribution in [0.2, 0.25) is 0 Å². The summed E-state index contributed by atoms with van der Waals surface area (Å²) in [7, 11) is 1.96. The van der Waals surface area contributed by atoms with Gasteiger partial charge in [0.1, 0.15) is 0 Å². The van der Waals surface area contributed by atoms with Gasteiger partial charge < -0.3 is 5.73 Å². The molecule has 1 saturated heterocycles. The highest BCUT2D eigenvalue weighted by Gasteiger charge is 2.39. The molecule has 1 aliphatic heterocycles. The van der Waals surface area contributed by atoms with Crippen molar-refractivity contribution in [3.63, 3.8) is 0 Å². The monoisotopic (exact) mass is 328 g/mol. The zero-order valence-corrected chi connectivity index (χ0v) is 13.3. The zero-order valence-electron chi connectivity index (χ0n) is 11.7. The highest BCUT2D eigenvalue weighted by Crippen LogP contribution is 2.32. The van der Waals surface area contributed by atoms with E-state index >= 15 is 0 Å². The maximum atomic E-state index is 11.5. The largest absolute Gasteiger partial charge is 0.369 e. The predicted molar refractivity (Wildman–Crippen MR) is 77.5 cm³/mol. The smallest absolute Gasteiger partial charge is 0.224 e. The minimum atomic E-state index is -0.390. The summed E-state index contributed by atoms with van der Waals surface area (Å²) in [6.07, 6.45) is 1.74. The maximum Gasteiger partial charge on any atom is 0.224 e. The summed E-state index contributed by atoms with van der Waals surface area (Å²) in [5.74, 6) is -0.201. The lowest BCUT2D eigenvalue weighted by molar-refractivity contribution is -0.126. The molecule has 1 unspecified atom stereocenters. The van der Waals surface area contributed by atoms with Crippen LogP contribution in [0.25, 0.3) is 0 Å². The van der Waals surface area contributed by atoms with E-state index < -0.39 is 5.41 Å². The molecule has 1 aromatic heterocycles. The molecule has 19 heavy (non-hydrogen) atoms. The van der Waals surface area contributed by atoms with Gasteiger partial charge in [0, 0.05) is 20.1 Å². The normalized spacial score (nSPS) is 24.0. The molecule has 1 amide bonds. The number of carbonyl (C=O) groups is 1. The molecule has 0 aromatic carbocycles. The average molecular weight is 329 g/mol. The molecule has 1 aromatic rings. The maximum absolute atomic E-state index is 11.5. The van der Waals surface area contributed by atoms with E-state index in [4.69, 9.17) is 5.73 Å². The number of amides is 1. The molecule has 0 spiro atoms. The molecule has 0 saturated carbocycles. The van der Waals surface area contributed by atoms with Crippen molar-refractivity contribution >= 4 is 21.8 Å². The number of nitrogens with two attached hydrogens (primary N) is 1. The van der Waals surface area contributed by atoms with Crippen molar-refractivity contribution in [3.8, 4) is 0 Å². The minimum Gasteiger partial charge on any atom is -0.369 e. The molecule has 106 valence electrons. The van der Waals surface area contributed by atoms with E-state index in [-0.39, 0.29) is 5.91 Å². The first-order chi connectivity index (χ1) is 8.87. The number of primary amides is 1. The fraction of sp³-hybridized carbons (Fsp3) is 0.692. The third-order valence-electron chi connectivity index (χ3n) is 4.02. The Balaban J connectivity index is 2.12. The highest BCUT2D eigenvalue weighted by atomic mass is 79.9. The molecule has 6 heteroatoms. The topological polar surface area (TPSA) is 64.2 Å². The van der Waals surface area contributed by atoms with E-state index in [1.54, 1.807) is 0 Å². The van der Waals surface area contributed by atoms with Crippen molar-refractivity contribution in [1.29, 1.82) is 0 Å². The van der Waals surface area contributed by atoms with E-state index in [0.29, 0.717) is 0 Å². The second-order valence-corrected chi connectivity index (χ2v) is 6.36. The number of hydrogen-bond acceptors (Lipinski definition) is 3. The second kappa shape index (κ2) is 5.25. The van der Waals surface area contributed by atoms with Gasteiger partial charge >= 0.3 is 0 Å². The predicted octanol–water partition coefficient (Wildman–Crippen LogP) is 1.44. The van der Waals surface area contributed by atoms with E-state index in [1.807, 2.05) is 18.7 Å². The number of nitrogens with zero attached hydrogens (tertiary/aromatic N) is 3. The van der Waals surface area contributed by atoms with Crippen LogP contribution in [0.1, 0.15) is 31.7 Å². The SMILES string of the molecule is CCc1nn(C)c(CN2CCC(C)(C(N)=O)C2)c1Br. The van der Waals surface area contributed by atoms with Gasteiger partial charge in [-0.3, -0.25) is 14.4 Å². The van der Waals surface area contributed by atoms with Crippen molar-refractivity contribution in [1.82, 2.24) is 14.7 Å². The molecule has 1 atom stereocenters. The first-order valence-electron chi connectivity index (χ1n) is 6.60. The van der Waals surface area contributed by atoms with Gasteiger partial charge in [0.25, 0.3) is 0 Å². The Kier molecular flexibility index (Phi) is 4.01. The minimum absolute atomic E-state index is 0.201. The van der Waals surface area contributed by atoms with Crippen LogP contribution in [0.3, 0.4) is 0 Å². The summed E-state index contributed by atoms with van der Waals surface area (Å²) in [5.41, 5.74) is 7.33. The highest BCUT2D eigenvalue weighted by molar-refractivity contribution is 9.10. The zero-order chi connectivity index (χ0) is 14.2. The first-order valence-corrected chi connectivity index (χ1v) is 7.39. The number of rotatable bonds is 4. The molecule has 2 heterocycles. The van der Waals surface area contributed by atoms with Crippen LogP contribution < -0.4 is 5.73 Å². The van der Waals surface area contributed by atoms with Gasteiger partial charge in [0.05, 0.1) is 21.3 Å². The number of halogens is 1. The average Bonchev–Trinajstić information content (AvgIpc) is 2.86. The molecular weight excluding hydrogens is 308 g/mol. The molecular formula is C13H21BrN4O. The van der Waals surface area contributed by atoms with Crippen molar-refractivity contribution in [2.75, 3.05) is 13.1 Å². The van der Waals surface area contributed by atoms with Gasteiger partial charge in [0.15, 0.2) is 0 Å². The van der Waals surface area contributed by atoms with Crippen LogP contribution >= 0.6 is 15.9 Å². The van der Waals surface area contributed by atoms with Crippen LogP contribution in [0.4, 0.5) is 0 Å². The number of aromatic nitrogens is 2. The molecule has 5 nitrogen and oxygen atoms in total. The van der Waals surface area contributed by atoms with Gasteiger partial charge in [0.2, 0.25) is 5.91 Å². The summed E-state index contributed by atoms with van der Waals surface area (Å²) in [6.45, 7) is 6.47. The van der Waals surface area contributed by atoms with Crippen LogP contribution in [0, 0.1) is 5.41 Å². The lowest BCUT2D eigenvalue weighted by Gasteiger charge is -2.21. The second-order valence-electron chi connectivity index (χ2n) is 5.57. The third-order valence-corrected chi connectivity index (χ3v) is 4.94. The molecule has 1 aliphatic rings. The number of likely N-dealkylation sites (tertiary alicyclic amines) is 1. The van der Waals surface area contributed by atoms with Gasteiger partial charge in [-0.15, -0.1) is 0 Å². The Morgan fingerprint density at radius 1 is 1.58 bits per heavy atom.